The number of thiocarbonyl (C=S) groups is 1. The van der Waals surface area contributed by atoms with Gasteiger partial charge in [-0.25, -0.2) is 4.79 Å². The molecule has 1 aromatic carbocycles. The first-order valence-corrected chi connectivity index (χ1v) is 5.74. The molecule has 0 spiro atoms. The lowest BCUT2D eigenvalue weighted by Gasteiger charge is -2.35. The molecule has 1 saturated heterocycles. The van der Waals surface area contributed by atoms with Crippen LogP contribution in [0, 0.1) is 0 Å². The van der Waals surface area contributed by atoms with Crippen LogP contribution in [-0.4, -0.2) is 16.9 Å². The minimum absolute atomic E-state index is 0.264. The number of nitrogens with one attached hydrogen (secondary N) is 2. The summed E-state index contributed by atoms with van der Waals surface area (Å²) in [6.45, 7) is 1.87. The molecule has 0 aromatic heterocycles. The minimum atomic E-state index is -0.940. The fourth-order valence-corrected chi connectivity index (χ4v) is 2.51. The van der Waals surface area contributed by atoms with E-state index >= 15 is 0 Å². The van der Waals surface area contributed by atoms with Gasteiger partial charge in [0, 0.05) is 0 Å². The third kappa shape index (κ3) is 1.72. The van der Waals surface area contributed by atoms with Crippen molar-refractivity contribution in [1.29, 1.82) is 0 Å². The van der Waals surface area contributed by atoms with Gasteiger partial charge in [0.25, 0.3) is 0 Å². The fraction of sp³-hybridized carbons (Fsp3) is 0.250. The summed E-state index contributed by atoms with van der Waals surface area (Å²) in [4.78, 5) is 23.6. The van der Waals surface area contributed by atoms with Crippen LogP contribution < -0.4 is 10.6 Å². The smallest absolute Gasteiger partial charge is 0.301 e. The average Bonchev–Trinajstić information content (AvgIpc) is 2.30. The minimum Gasteiger partial charge on any atom is -0.301 e. The number of hydrogen-bond acceptors (Lipinski definition) is 3. The number of imide groups is 1. The number of hydrogen-bond donors (Lipinski definition) is 2. The highest BCUT2D eigenvalue weighted by Crippen LogP contribution is 2.31. The van der Waals surface area contributed by atoms with Crippen LogP contribution >= 0.6 is 12.2 Å². The van der Waals surface area contributed by atoms with Crippen molar-refractivity contribution in [3.63, 3.8) is 0 Å². The van der Waals surface area contributed by atoms with Crippen LogP contribution in [0.2, 0.25) is 0 Å². The molecule has 17 heavy (non-hydrogen) atoms. The molecule has 0 aliphatic carbocycles. The first kappa shape index (κ1) is 11.7. The van der Waals surface area contributed by atoms with Gasteiger partial charge in [-0.1, -0.05) is 49.5 Å². The van der Waals surface area contributed by atoms with Crippen molar-refractivity contribution in [1.82, 2.24) is 10.6 Å². The highest BCUT2D eigenvalue weighted by molar-refractivity contribution is 7.80. The summed E-state index contributed by atoms with van der Waals surface area (Å²) < 4.78 is 0. The molecule has 5 heteroatoms. The Hall–Kier alpha value is -1.75. The predicted molar refractivity (Wildman–Crippen MR) is 67.7 cm³/mol. The van der Waals surface area contributed by atoms with E-state index in [1.807, 2.05) is 37.3 Å². The molecule has 88 valence electrons. The summed E-state index contributed by atoms with van der Waals surface area (Å²) >= 11 is 5.18. The second-order valence-electron chi connectivity index (χ2n) is 3.86. The van der Waals surface area contributed by atoms with Gasteiger partial charge >= 0.3 is 6.03 Å². The normalized spacial score (nSPS) is 24.2. The van der Waals surface area contributed by atoms with Crippen LogP contribution in [-0.2, 0) is 10.2 Å². The van der Waals surface area contributed by atoms with Crippen molar-refractivity contribution in [3.05, 3.63) is 35.9 Å². The molecule has 1 aliphatic rings. The highest BCUT2D eigenvalue weighted by atomic mass is 32.1. The Kier molecular flexibility index (Phi) is 2.93. The van der Waals surface area contributed by atoms with Crippen LogP contribution in [0.3, 0.4) is 0 Å². The van der Waals surface area contributed by atoms with Gasteiger partial charge in [0.2, 0.25) is 5.91 Å². The third-order valence-electron chi connectivity index (χ3n) is 3.03. The Morgan fingerprint density at radius 3 is 2.35 bits per heavy atom. The topological polar surface area (TPSA) is 58.2 Å². The SMILES string of the molecule is CC[C@]1(c2ccccc2)C(=O)NC(=O)NC1=S. The second kappa shape index (κ2) is 4.25. The molecule has 2 N–H and O–H groups in total. The van der Waals surface area contributed by atoms with E-state index in [4.69, 9.17) is 12.2 Å². The number of carbonyl (C=O) groups is 2. The third-order valence-corrected chi connectivity index (χ3v) is 3.48. The second-order valence-corrected chi connectivity index (χ2v) is 4.27. The van der Waals surface area contributed by atoms with Crippen molar-refractivity contribution in [2.75, 3.05) is 0 Å². The van der Waals surface area contributed by atoms with Crippen molar-refractivity contribution < 1.29 is 9.59 Å². The molecular weight excluding hydrogens is 236 g/mol. The van der Waals surface area contributed by atoms with E-state index in [0.717, 1.165) is 5.56 Å². The molecule has 1 aliphatic heterocycles. The zero-order valence-corrected chi connectivity index (χ0v) is 10.1. The summed E-state index contributed by atoms with van der Waals surface area (Å²) in [5.41, 5.74) is -0.144. The van der Waals surface area contributed by atoms with Gasteiger partial charge in [-0.15, -0.1) is 0 Å². The van der Waals surface area contributed by atoms with E-state index in [9.17, 15) is 9.59 Å². The lowest BCUT2D eigenvalue weighted by Crippen LogP contribution is -2.63. The molecule has 4 nitrogen and oxygen atoms in total. The van der Waals surface area contributed by atoms with Crippen LogP contribution in [0.15, 0.2) is 30.3 Å². The predicted octanol–water partition coefficient (Wildman–Crippen LogP) is 1.50. The van der Waals surface area contributed by atoms with Crippen molar-refractivity contribution in [3.8, 4) is 0 Å². The Morgan fingerprint density at radius 2 is 1.82 bits per heavy atom. The number of urea groups is 1. The van der Waals surface area contributed by atoms with Crippen molar-refractivity contribution >= 4 is 29.1 Å². The van der Waals surface area contributed by atoms with Crippen LogP contribution in [0.25, 0.3) is 0 Å². The molecule has 1 fully saturated rings. The average molecular weight is 248 g/mol. The Balaban J connectivity index is 2.54. The molecule has 0 bridgehead atoms. The molecule has 1 atom stereocenters. The molecule has 0 saturated carbocycles. The molecule has 1 aromatic rings. The zero-order valence-electron chi connectivity index (χ0n) is 9.32. The summed E-state index contributed by atoms with van der Waals surface area (Å²) in [6.07, 6.45) is 0.502. The van der Waals surface area contributed by atoms with Gasteiger partial charge in [0.1, 0.15) is 10.4 Å². The quantitative estimate of drug-likeness (QED) is 0.780. The monoisotopic (exact) mass is 248 g/mol. The first-order valence-electron chi connectivity index (χ1n) is 5.33. The lowest BCUT2D eigenvalue weighted by molar-refractivity contribution is -0.123. The van der Waals surface area contributed by atoms with Gasteiger partial charge < -0.3 is 5.32 Å². The van der Waals surface area contributed by atoms with Gasteiger partial charge in [-0.2, -0.15) is 0 Å². The van der Waals surface area contributed by atoms with Crippen molar-refractivity contribution in [2.45, 2.75) is 18.8 Å². The largest absolute Gasteiger partial charge is 0.326 e. The maximum atomic E-state index is 12.1. The molecule has 1 heterocycles. The maximum absolute atomic E-state index is 12.1. The fourth-order valence-electron chi connectivity index (χ4n) is 2.06. The summed E-state index contributed by atoms with van der Waals surface area (Å²) in [6, 6.07) is 8.69. The van der Waals surface area contributed by atoms with Crippen LogP contribution in [0.1, 0.15) is 18.9 Å². The van der Waals surface area contributed by atoms with Crippen LogP contribution in [0.4, 0.5) is 4.79 Å². The lowest BCUT2D eigenvalue weighted by atomic mass is 9.76. The zero-order chi connectivity index (χ0) is 12.5. The highest BCUT2D eigenvalue weighted by Gasteiger charge is 2.47. The molecule has 0 radical (unpaired) electrons. The number of rotatable bonds is 2. The van der Waals surface area contributed by atoms with E-state index in [-0.39, 0.29) is 10.9 Å². The van der Waals surface area contributed by atoms with Gasteiger partial charge in [0.05, 0.1) is 0 Å². The Bertz CT molecular complexity index is 465. The van der Waals surface area contributed by atoms with Gasteiger partial charge in [-0.3, -0.25) is 10.1 Å². The van der Waals surface area contributed by atoms with Gasteiger partial charge in [-0.05, 0) is 12.0 Å². The maximum Gasteiger partial charge on any atom is 0.326 e. The number of benzene rings is 1. The molecular formula is C12H12N2O2S. The Labute approximate surface area is 104 Å². The molecule has 2 rings (SSSR count). The van der Waals surface area contributed by atoms with Gasteiger partial charge in [0.15, 0.2) is 0 Å². The van der Waals surface area contributed by atoms with Crippen molar-refractivity contribution in [2.24, 2.45) is 0 Å². The summed E-state index contributed by atoms with van der Waals surface area (Å²) in [5.74, 6) is -0.361. The van der Waals surface area contributed by atoms with E-state index in [2.05, 4.69) is 10.6 Å². The summed E-state index contributed by atoms with van der Waals surface area (Å²) in [7, 11) is 0. The Morgan fingerprint density at radius 1 is 1.18 bits per heavy atom. The standard InChI is InChI=1S/C12H12N2O2S/c1-2-12(8-6-4-3-5-7-8)9(15)13-11(16)14-10(12)17/h3-7H,2H2,1H3,(H2,13,14,15,16,17)/t12-/m0/s1. The van der Waals surface area contributed by atoms with E-state index in [0.29, 0.717) is 6.42 Å². The first-order chi connectivity index (χ1) is 8.11. The molecule has 0 unspecified atom stereocenters. The van der Waals surface area contributed by atoms with E-state index in [1.165, 1.54) is 0 Å². The van der Waals surface area contributed by atoms with E-state index < -0.39 is 11.4 Å². The van der Waals surface area contributed by atoms with E-state index in [1.54, 1.807) is 0 Å². The number of amides is 3. The molecule has 3 amide bonds. The van der Waals surface area contributed by atoms with Crippen LogP contribution in [0.5, 0.6) is 0 Å². The summed E-state index contributed by atoms with van der Waals surface area (Å²) in [5, 5.41) is 4.78. The number of carbonyl (C=O) groups excluding carboxylic acids is 2.